The first-order valence-electron chi connectivity index (χ1n) is 10.9. The van der Waals surface area contributed by atoms with Crippen molar-refractivity contribution in [1.82, 2.24) is 0 Å². The van der Waals surface area contributed by atoms with Crippen molar-refractivity contribution >= 4 is 5.97 Å². The van der Waals surface area contributed by atoms with Gasteiger partial charge >= 0.3 is 5.97 Å². The van der Waals surface area contributed by atoms with Crippen LogP contribution in [-0.2, 0) is 16.0 Å². The Morgan fingerprint density at radius 1 is 1.41 bits per heavy atom. The molecule has 160 valence electrons. The minimum atomic E-state index is -0.458. The standard InChI is InChI=1S/C25H36O4/c1-6-17(2)23(27)29-16-25(5)21-10-7-18(3)20(9-8-19-12-14-28-15-19)24(21,4)13-11-22(25)26/h6,12,14-15,20-22,26H,3,7-11,13,16H2,1-2,4-5H3/b17-6-/t20-,21+,22-,24+,25-/m1/s1. The molecule has 5 atom stereocenters. The maximum absolute atomic E-state index is 12.3. The predicted molar refractivity (Wildman–Crippen MR) is 114 cm³/mol. The average molecular weight is 401 g/mol. The molecule has 1 aromatic rings. The van der Waals surface area contributed by atoms with Crippen LogP contribution < -0.4 is 0 Å². The smallest absolute Gasteiger partial charge is 0.333 e. The van der Waals surface area contributed by atoms with Crippen LogP contribution in [0.5, 0.6) is 0 Å². The molecule has 1 aromatic heterocycles. The van der Waals surface area contributed by atoms with Crippen molar-refractivity contribution in [1.29, 1.82) is 0 Å². The third-order valence-electron chi connectivity index (χ3n) is 7.92. The summed E-state index contributed by atoms with van der Waals surface area (Å²) in [6.07, 6.45) is 10.5. The zero-order chi connectivity index (χ0) is 21.2. The van der Waals surface area contributed by atoms with E-state index in [0.717, 1.165) is 38.5 Å². The number of aryl methyl sites for hydroxylation is 1. The normalized spacial score (nSPS) is 35.3. The van der Waals surface area contributed by atoms with E-state index in [9.17, 15) is 9.90 Å². The van der Waals surface area contributed by atoms with Crippen LogP contribution in [0.2, 0.25) is 0 Å². The largest absolute Gasteiger partial charge is 0.472 e. The molecule has 4 heteroatoms. The molecule has 1 heterocycles. The molecule has 4 nitrogen and oxygen atoms in total. The minimum Gasteiger partial charge on any atom is -0.472 e. The van der Waals surface area contributed by atoms with E-state index in [0.29, 0.717) is 11.5 Å². The van der Waals surface area contributed by atoms with Gasteiger partial charge < -0.3 is 14.3 Å². The van der Waals surface area contributed by atoms with E-state index in [1.54, 1.807) is 19.3 Å². The SMILES string of the molecule is C=C1CC[C@@H]2[C@@](C)(COC(=O)/C(C)=C\C)[C@H](O)CC[C@@]2(C)[C@@H]1CCc1ccoc1. The summed E-state index contributed by atoms with van der Waals surface area (Å²) in [6, 6.07) is 2.03. The van der Waals surface area contributed by atoms with Crippen LogP contribution >= 0.6 is 0 Å². The average Bonchev–Trinajstić information content (AvgIpc) is 3.22. The van der Waals surface area contributed by atoms with Crippen LogP contribution in [0.25, 0.3) is 0 Å². The molecular formula is C25H36O4. The Morgan fingerprint density at radius 3 is 2.83 bits per heavy atom. The molecule has 2 aliphatic rings. The van der Waals surface area contributed by atoms with E-state index in [1.807, 2.05) is 19.3 Å². The molecule has 2 fully saturated rings. The number of carbonyl (C=O) groups is 1. The van der Waals surface area contributed by atoms with Crippen LogP contribution in [0.15, 0.2) is 46.8 Å². The van der Waals surface area contributed by atoms with E-state index < -0.39 is 11.5 Å². The van der Waals surface area contributed by atoms with Gasteiger partial charge in [-0.25, -0.2) is 4.79 Å². The summed E-state index contributed by atoms with van der Waals surface area (Å²) >= 11 is 0. The quantitative estimate of drug-likeness (QED) is 0.391. The Hall–Kier alpha value is -1.81. The van der Waals surface area contributed by atoms with Crippen LogP contribution in [0.4, 0.5) is 0 Å². The first-order chi connectivity index (χ1) is 13.7. The van der Waals surface area contributed by atoms with Crippen molar-refractivity contribution in [3.63, 3.8) is 0 Å². The number of ether oxygens (including phenoxy) is 1. The Morgan fingerprint density at radius 2 is 2.17 bits per heavy atom. The highest BCUT2D eigenvalue weighted by molar-refractivity contribution is 5.87. The van der Waals surface area contributed by atoms with Gasteiger partial charge in [-0.1, -0.05) is 32.1 Å². The maximum Gasteiger partial charge on any atom is 0.333 e. The number of rotatable bonds is 6. The van der Waals surface area contributed by atoms with Crippen molar-refractivity contribution in [2.45, 2.75) is 72.3 Å². The predicted octanol–water partition coefficient (Wildman–Crippen LogP) is 5.47. The van der Waals surface area contributed by atoms with Gasteiger partial charge in [-0.05, 0) is 81.3 Å². The van der Waals surface area contributed by atoms with Crippen LogP contribution in [0, 0.1) is 22.7 Å². The number of carbonyl (C=O) groups excluding carboxylic acids is 1. The molecule has 0 bridgehead atoms. The Bertz CT molecular complexity index is 762. The van der Waals surface area contributed by atoms with Gasteiger partial charge in [0, 0.05) is 11.0 Å². The first-order valence-corrected chi connectivity index (χ1v) is 10.9. The van der Waals surface area contributed by atoms with Crippen molar-refractivity contribution in [2.75, 3.05) is 6.61 Å². The Labute approximate surface area is 175 Å². The molecule has 3 rings (SSSR count). The molecule has 1 N–H and O–H groups in total. The van der Waals surface area contributed by atoms with E-state index in [4.69, 9.17) is 9.15 Å². The van der Waals surface area contributed by atoms with Gasteiger partial charge in [-0.3, -0.25) is 0 Å². The van der Waals surface area contributed by atoms with Crippen molar-refractivity contribution in [3.05, 3.63) is 48.0 Å². The lowest BCUT2D eigenvalue weighted by molar-refractivity contribution is -0.172. The summed E-state index contributed by atoms with van der Waals surface area (Å²) < 4.78 is 10.9. The highest BCUT2D eigenvalue weighted by Gasteiger charge is 2.58. The van der Waals surface area contributed by atoms with Crippen molar-refractivity contribution in [2.24, 2.45) is 22.7 Å². The van der Waals surface area contributed by atoms with Gasteiger partial charge in [0.05, 0.1) is 25.2 Å². The molecule has 0 unspecified atom stereocenters. The zero-order valence-electron chi connectivity index (χ0n) is 18.4. The second kappa shape index (κ2) is 8.51. The number of allylic oxidation sites excluding steroid dienone is 2. The number of fused-ring (bicyclic) bond motifs is 1. The van der Waals surface area contributed by atoms with Gasteiger partial charge in [0.15, 0.2) is 0 Å². The minimum absolute atomic E-state index is 0.0507. The number of hydrogen-bond acceptors (Lipinski definition) is 4. The third kappa shape index (κ3) is 4.09. The maximum atomic E-state index is 12.3. The molecule has 0 spiro atoms. The van der Waals surface area contributed by atoms with E-state index in [-0.39, 0.29) is 23.9 Å². The van der Waals surface area contributed by atoms with Crippen molar-refractivity contribution in [3.8, 4) is 0 Å². The van der Waals surface area contributed by atoms with Crippen LogP contribution in [0.1, 0.15) is 65.4 Å². The summed E-state index contributed by atoms with van der Waals surface area (Å²) in [4.78, 5) is 12.3. The fourth-order valence-electron chi connectivity index (χ4n) is 5.91. The Balaban J connectivity index is 1.81. The van der Waals surface area contributed by atoms with Gasteiger partial charge in [0.2, 0.25) is 0 Å². The number of hydrogen-bond donors (Lipinski definition) is 1. The monoisotopic (exact) mass is 400 g/mol. The highest BCUT2D eigenvalue weighted by Crippen LogP contribution is 2.61. The summed E-state index contributed by atoms with van der Waals surface area (Å²) in [5.41, 5.74) is 2.77. The third-order valence-corrected chi connectivity index (χ3v) is 7.92. The van der Waals surface area contributed by atoms with Crippen LogP contribution in [0.3, 0.4) is 0 Å². The van der Waals surface area contributed by atoms with Gasteiger partial charge in [0.1, 0.15) is 0 Å². The van der Waals surface area contributed by atoms with E-state index >= 15 is 0 Å². The molecule has 0 radical (unpaired) electrons. The van der Waals surface area contributed by atoms with E-state index in [2.05, 4.69) is 20.4 Å². The Kier molecular flexibility index (Phi) is 6.42. The van der Waals surface area contributed by atoms with Gasteiger partial charge in [0.25, 0.3) is 0 Å². The zero-order valence-corrected chi connectivity index (χ0v) is 18.4. The molecular weight excluding hydrogens is 364 g/mol. The highest BCUT2D eigenvalue weighted by atomic mass is 16.5. The molecule has 0 aliphatic heterocycles. The fourth-order valence-corrected chi connectivity index (χ4v) is 5.91. The molecule has 0 amide bonds. The summed E-state index contributed by atoms with van der Waals surface area (Å²) in [7, 11) is 0. The molecule has 2 aliphatic carbocycles. The summed E-state index contributed by atoms with van der Waals surface area (Å²) in [5, 5.41) is 11.0. The van der Waals surface area contributed by atoms with Gasteiger partial charge in [-0.2, -0.15) is 0 Å². The number of furan rings is 1. The van der Waals surface area contributed by atoms with E-state index in [1.165, 1.54) is 11.1 Å². The topological polar surface area (TPSA) is 59.7 Å². The molecule has 0 saturated heterocycles. The first kappa shape index (κ1) is 21.9. The molecule has 2 saturated carbocycles. The van der Waals surface area contributed by atoms with Gasteiger partial charge in [-0.15, -0.1) is 0 Å². The number of aliphatic hydroxyl groups excluding tert-OH is 1. The second-order valence-corrected chi connectivity index (χ2v) is 9.59. The summed E-state index contributed by atoms with van der Waals surface area (Å²) in [5.74, 6) is 0.401. The van der Waals surface area contributed by atoms with Crippen molar-refractivity contribution < 1.29 is 19.1 Å². The lowest BCUT2D eigenvalue weighted by atomic mass is 9.46. The molecule has 29 heavy (non-hydrogen) atoms. The number of esters is 1. The number of aliphatic hydroxyl groups is 1. The second-order valence-electron chi connectivity index (χ2n) is 9.59. The summed E-state index contributed by atoms with van der Waals surface area (Å²) in [6.45, 7) is 12.8. The lowest BCUT2D eigenvalue weighted by Gasteiger charge is -2.60. The van der Waals surface area contributed by atoms with Crippen LogP contribution in [-0.4, -0.2) is 23.8 Å². The lowest BCUT2D eigenvalue weighted by Crippen LogP contribution is -2.57. The fraction of sp³-hybridized carbons (Fsp3) is 0.640. The molecule has 0 aromatic carbocycles.